The molecule has 8 nitrogen and oxygen atoms in total. The highest BCUT2D eigenvalue weighted by molar-refractivity contribution is 7.92. The molecule has 0 aliphatic heterocycles. The predicted molar refractivity (Wildman–Crippen MR) is 85.0 cm³/mol. The first-order chi connectivity index (χ1) is 11.6. The molecule has 0 spiro atoms. The van der Waals surface area contributed by atoms with Crippen LogP contribution in [-0.2, 0) is 17.1 Å². The number of anilines is 1. The van der Waals surface area contributed by atoms with Gasteiger partial charge in [-0.25, -0.2) is 22.2 Å². The van der Waals surface area contributed by atoms with Crippen molar-refractivity contribution in [2.75, 3.05) is 10.5 Å². The fourth-order valence-electron chi connectivity index (χ4n) is 1.97. The number of rotatable bonds is 4. The average molecular weight is 370 g/mol. The molecule has 0 atom stereocenters. The second kappa shape index (κ2) is 6.48. The van der Waals surface area contributed by atoms with Gasteiger partial charge in [0.1, 0.15) is 11.9 Å². The van der Waals surface area contributed by atoms with E-state index in [1.807, 2.05) is 0 Å². The lowest BCUT2D eigenvalue weighted by Crippen LogP contribution is -2.39. The molecule has 25 heavy (non-hydrogen) atoms. The Morgan fingerprint density at radius 3 is 2.44 bits per heavy atom. The molecule has 0 amide bonds. The quantitative estimate of drug-likeness (QED) is 0.785. The van der Waals surface area contributed by atoms with E-state index in [-0.39, 0.29) is 17.0 Å². The molecule has 0 aliphatic carbocycles. The van der Waals surface area contributed by atoms with Gasteiger partial charge in [0.25, 0.3) is 5.56 Å². The van der Waals surface area contributed by atoms with Crippen LogP contribution in [0.1, 0.15) is 12.5 Å². The first-order valence-corrected chi connectivity index (χ1v) is 8.49. The van der Waals surface area contributed by atoms with Crippen molar-refractivity contribution in [1.29, 1.82) is 5.26 Å². The van der Waals surface area contributed by atoms with Gasteiger partial charge >= 0.3 is 5.69 Å². The Labute approximate surface area is 140 Å². The summed E-state index contributed by atoms with van der Waals surface area (Å²) in [5, 5.41) is 9.03. The molecule has 11 heteroatoms. The summed E-state index contributed by atoms with van der Waals surface area (Å²) in [5.74, 6) is -2.56. The van der Waals surface area contributed by atoms with Crippen LogP contribution in [0.15, 0.2) is 27.8 Å². The molecule has 1 heterocycles. The molecule has 0 radical (unpaired) electrons. The minimum Gasteiger partial charge on any atom is -0.282 e. The van der Waals surface area contributed by atoms with Crippen molar-refractivity contribution in [3.8, 4) is 11.8 Å². The summed E-state index contributed by atoms with van der Waals surface area (Å²) in [4.78, 5) is 24.0. The van der Waals surface area contributed by atoms with Crippen molar-refractivity contribution < 1.29 is 17.2 Å². The topological polar surface area (TPSA) is 114 Å². The van der Waals surface area contributed by atoms with Gasteiger partial charge in [-0.2, -0.15) is 9.65 Å². The van der Waals surface area contributed by atoms with Gasteiger partial charge in [0.2, 0.25) is 16.0 Å². The minimum absolute atomic E-state index is 0.306. The Morgan fingerprint density at radius 1 is 1.24 bits per heavy atom. The molecule has 0 saturated heterocycles. The molecule has 1 aromatic heterocycles. The van der Waals surface area contributed by atoms with Crippen molar-refractivity contribution >= 4 is 15.7 Å². The number of nitrogens with one attached hydrogen (secondary N) is 1. The maximum atomic E-state index is 14.3. The number of halogens is 2. The number of aromatic nitrogens is 2. The standard InChI is InChI=1S/C14H12F2N4O4S/c1-3-25(23,24)18-10-5-11(9(15)4-8(10)7-17)20-13(21)6-12(16)19(2)14(20)22/h4-6,18H,3H2,1-2H3. The molecule has 2 aromatic rings. The van der Waals surface area contributed by atoms with Crippen LogP contribution in [0.3, 0.4) is 0 Å². The lowest BCUT2D eigenvalue weighted by molar-refractivity contribution is 0.491. The lowest BCUT2D eigenvalue weighted by Gasteiger charge is -2.13. The highest BCUT2D eigenvalue weighted by Gasteiger charge is 2.19. The highest BCUT2D eigenvalue weighted by Crippen LogP contribution is 2.23. The van der Waals surface area contributed by atoms with Crippen LogP contribution in [0.4, 0.5) is 14.5 Å². The summed E-state index contributed by atoms with van der Waals surface area (Å²) in [6.45, 7) is 1.35. The molecular formula is C14H12F2N4O4S. The first kappa shape index (κ1) is 18.3. The van der Waals surface area contributed by atoms with Gasteiger partial charge in [-0.1, -0.05) is 0 Å². The molecule has 0 aliphatic rings. The third-order valence-corrected chi connectivity index (χ3v) is 4.65. The van der Waals surface area contributed by atoms with Gasteiger partial charge < -0.3 is 0 Å². The van der Waals surface area contributed by atoms with Gasteiger partial charge in [0, 0.05) is 7.05 Å². The van der Waals surface area contributed by atoms with Crippen LogP contribution in [-0.4, -0.2) is 23.3 Å². The van der Waals surface area contributed by atoms with Crippen molar-refractivity contribution in [1.82, 2.24) is 9.13 Å². The third-order valence-electron chi connectivity index (χ3n) is 3.36. The summed E-state index contributed by atoms with van der Waals surface area (Å²) in [6, 6.07) is 3.61. The molecule has 0 bridgehead atoms. The van der Waals surface area contributed by atoms with Crippen molar-refractivity contribution in [3.05, 3.63) is 56.4 Å². The van der Waals surface area contributed by atoms with E-state index in [0.29, 0.717) is 21.3 Å². The average Bonchev–Trinajstić information content (AvgIpc) is 2.55. The number of hydrogen-bond acceptors (Lipinski definition) is 5. The summed E-state index contributed by atoms with van der Waals surface area (Å²) in [6.07, 6.45) is 0. The maximum Gasteiger partial charge on any atom is 0.337 e. The van der Waals surface area contributed by atoms with Crippen LogP contribution < -0.4 is 16.0 Å². The molecule has 2 rings (SSSR count). The van der Waals surface area contributed by atoms with Gasteiger partial charge in [-0.05, 0) is 19.1 Å². The Bertz CT molecular complexity index is 1110. The Morgan fingerprint density at radius 2 is 1.88 bits per heavy atom. The predicted octanol–water partition coefficient (Wildman–Crippen LogP) is 0.448. The molecular weight excluding hydrogens is 358 g/mol. The van der Waals surface area contributed by atoms with Gasteiger partial charge in [-0.3, -0.25) is 14.1 Å². The zero-order valence-electron chi connectivity index (χ0n) is 13.1. The van der Waals surface area contributed by atoms with Crippen LogP contribution in [0.5, 0.6) is 0 Å². The largest absolute Gasteiger partial charge is 0.337 e. The fraction of sp³-hybridized carbons (Fsp3) is 0.214. The monoisotopic (exact) mass is 370 g/mol. The van der Waals surface area contributed by atoms with E-state index in [9.17, 15) is 26.8 Å². The molecule has 1 aromatic carbocycles. The van der Waals surface area contributed by atoms with Crippen LogP contribution in [0.25, 0.3) is 5.69 Å². The van der Waals surface area contributed by atoms with E-state index >= 15 is 0 Å². The number of sulfonamides is 1. The summed E-state index contributed by atoms with van der Waals surface area (Å²) in [7, 11) is -2.77. The Kier molecular flexibility index (Phi) is 4.75. The molecule has 132 valence electrons. The first-order valence-electron chi connectivity index (χ1n) is 6.84. The van der Waals surface area contributed by atoms with Gasteiger partial charge in [-0.15, -0.1) is 0 Å². The normalized spacial score (nSPS) is 11.2. The number of nitrogens with zero attached hydrogens (tertiary/aromatic N) is 3. The summed E-state index contributed by atoms with van der Waals surface area (Å²) >= 11 is 0. The van der Waals surface area contributed by atoms with E-state index in [4.69, 9.17) is 5.26 Å². The van der Waals surface area contributed by atoms with Gasteiger partial charge in [0.05, 0.1) is 28.8 Å². The lowest BCUT2D eigenvalue weighted by atomic mass is 10.1. The number of nitriles is 1. The van der Waals surface area contributed by atoms with E-state index in [2.05, 4.69) is 4.72 Å². The van der Waals surface area contributed by atoms with Crippen molar-refractivity contribution in [3.63, 3.8) is 0 Å². The molecule has 0 unspecified atom stereocenters. The zero-order chi connectivity index (χ0) is 18.9. The van der Waals surface area contributed by atoms with Crippen LogP contribution in [0.2, 0.25) is 0 Å². The van der Waals surface area contributed by atoms with Crippen LogP contribution >= 0.6 is 0 Å². The van der Waals surface area contributed by atoms with Crippen molar-refractivity contribution in [2.24, 2.45) is 7.05 Å². The highest BCUT2D eigenvalue weighted by atomic mass is 32.2. The van der Waals surface area contributed by atoms with E-state index in [0.717, 1.165) is 13.1 Å². The summed E-state index contributed by atoms with van der Waals surface area (Å²) in [5.41, 5.74) is -3.57. The van der Waals surface area contributed by atoms with E-state index < -0.39 is 38.7 Å². The minimum atomic E-state index is -3.81. The number of benzene rings is 1. The Hall–Kier alpha value is -3.00. The second-order valence-corrected chi connectivity index (χ2v) is 6.96. The fourth-order valence-corrected chi connectivity index (χ4v) is 2.62. The van der Waals surface area contributed by atoms with E-state index in [1.54, 1.807) is 6.07 Å². The molecule has 1 N–H and O–H groups in total. The summed E-state index contributed by atoms with van der Waals surface area (Å²) < 4.78 is 54.0. The smallest absolute Gasteiger partial charge is 0.282 e. The molecule has 0 saturated carbocycles. The second-order valence-electron chi connectivity index (χ2n) is 4.95. The SMILES string of the molecule is CCS(=O)(=O)Nc1cc(-n2c(=O)cc(F)n(C)c2=O)c(F)cc1C#N. The van der Waals surface area contributed by atoms with Crippen LogP contribution in [0, 0.1) is 23.1 Å². The number of hydrogen-bond donors (Lipinski definition) is 1. The Balaban J connectivity index is 2.82. The van der Waals surface area contributed by atoms with E-state index in [1.165, 1.54) is 6.92 Å². The third kappa shape index (κ3) is 3.43. The molecule has 0 fully saturated rings. The maximum absolute atomic E-state index is 14.3. The van der Waals surface area contributed by atoms with Crippen molar-refractivity contribution in [2.45, 2.75) is 6.92 Å². The van der Waals surface area contributed by atoms with Gasteiger partial charge in [0.15, 0.2) is 0 Å². The zero-order valence-corrected chi connectivity index (χ0v) is 13.9.